The van der Waals surface area contributed by atoms with Gasteiger partial charge in [-0.25, -0.2) is 4.98 Å². The second kappa shape index (κ2) is 8.27. The molecular formula is C20H20N4O3. The molecule has 0 unspecified atom stereocenters. The molecule has 0 amide bonds. The van der Waals surface area contributed by atoms with Crippen molar-refractivity contribution in [2.75, 3.05) is 12.4 Å². The predicted molar refractivity (Wildman–Crippen MR) is 102 cm³/mol. The van der Waals surface area contributed by atoms with Crippen molar-refractivity contribution in [2.24, 2.45) is 0 Å². The number of carboxylic acids is 1. The largest absolute Gasteiger partial charge is 0.481 e. The summed E-state index contributed by atoms with van der Waals surface area (Å²) in [6, 6.07) is 11.6. The summed E-state index contributed by atoms with van der Waals surface area (Å²) in [5.41, 5.74) is 4.65. The zero-order valence-electron chi connectivity index (χ0n) is 15.1. The second-order valence-electron chi connectivity index (χ2n) is 6.06. The highest BCUT2D eigenvalue weighted by Gasteiger charge is 2.07. The zero-order chi connectivity index (χ0) is 19.2. The first-order valence-electron chi connectivity index (χ1n) is 8.46. The smallest absolute Gasteiger partial charge is 0.303 e. The number of hydrogen-bond donors (Lipinski definition) is 2. The van der Waals surface area contributed by atoms with Gasteiger partial charge in [-0.05, 0) is 47.9 Å². The molecule has 0 aliphatic heterocycles. The Kier molecular flexibility index (Phi) is 5.61. The topological polar surface area (TPSA) is 97.2 Å². The highest BCUT2D eigenvalue weighted by atomic mass is 16.5. The summed E-state index contributed by atoms with van der Waals surface area (Å²) in [6.07, 6.45) is 3.79. The molecule has 0 bridgehead atoms. The van der Waals surface area contributed by atoms with E-state index in [2.05, 4.69) is 26.3 Å². The zero-order valence-corrected chi connectivity index (χ0v) is 15.1. The number of nitrogens with one attached hydrogen (secondary N) is 1. The Labute approximate surface area is 157 Å². The number of hydrogen-bond acceptors (Lipinski definition) is 6. The molecule has 0 saturated carbocycles. The van der Waals surface area contributed by atoms with E-state index in [4.69, 9.17) is 9.84 Å². The van der Waals surface area contributed by atoms with E-state index in [0.717, 1.165) is 28.1 Å². The van der Waals surface area contributed by atoms with Gasteiger partial charge in [0.1, 0.15) is 0 Å². The van der Waals surface area contributed by atoms with E-state index in [-0.39, 0.29) is 6.42 Å². The maximum Gasteiger partial charge on any atom is 0.303 e. The van der Waals surface area contributed by atoms with E-state index in [1.54, 1.807) is 25.6 Å². The van der Waals surface area contributed by atoms with Crippen molar-refractivity contribution < 1.29 is 14.6 Å². The Morgan fingerprint density at radius 1 is 1.11 bits per heavy atom. The fourth-order valence-electron chi connectivity index (χ4n) is 2.70. The van der Waals surface area contributed by atoms with Crippen molar-refractivity contribution in [3.05, 3.63) is 60.0 Å². The quantitative estimate of drug-likeness (QED) is 0.661. The molecule has 2 aromatic heterocycles. The first-order valence-corrected chi connectivity index (χ1v) is 8.46. The van der Waals surface area contributed by atoms with Crippen molar-refractivity contribution >= 4 is 17.6 Å². The summed E-state index contributed by atoms with van der Waals surface area (Å²) in [5.74, 6) is 0.0999. The minimum Gasteiger partial charge on any atom is -0.481 e. The van der Waals surface area contributed by atoms with Gasteiger partial charge < -0.3 is 15.2 Å². The fraction of sp³-hybridized carbons (Fsp3) is 0.200. The third-order valence-corrected chi connectivity index (χ3v) is 3.92. The lowest BCUT2D eigenvalue weighted by atomic mass is 10.0. The summed E-state index contributed by atoms with van der Waals surface area (Å²) in [5, 5.41) is 12.0. The number of benzene rings is 1. The Morgan fingerprint density at radius 2 is 1.93 bits per heavy atom. The maximum atomic E-state index is 10.8. The lowest BCUT2D eigenvalue weighted by molar-refractivity contribution is -0.136. The standard InChI is InChI=1S/C20H20N4O3/c1-13-9-15(14-5-7-21-16(11-14)3-4-19(25)26)12-17(10-13)23-20-22-8-6-18(24-20)27-2/h5-12H,3-4H2,1-2H3,(H,25,26)(H,22,23,24). The van der Waals surface area contributed by atoms with Crippen LogP contribution in [0, 0.1) is 6.92 Å². The molecule has 138 valence electrons. The van der Waals surface area contributed by atoms with E-state index < -0.39 is 5.97 Å². The van der Waals surface area contributed by atoms with Gasteiger partial charge in [-0.15, -0.1) is 0 Å². The van der Waals surface area contributed by atoms with Crippen LogP contribution in [0.3, 0.4) is 0 Å². The van der Waals surface area contributed by atoms with Gasteiger partial charge in [0.05, 0.1) is 13.5 Å². The number of nitrogens with zero attached hydrogens (tertiary/aromatic N) is 3. The van der Waals surface area contributed by atoms with Crippen LogP contribution in [0.5, 0.6) is 5.88 Å². The number of aromatic nitrogens is 3. The highest BCUT2D eigenvalue weighted by molar-refractivity contribution is 5.71. The molecule has 0 saturated heterocycles. The average Bonchev–Trinajstić information content (AvgIpc) is 2.66. The number of carbonyl (C=O) groups is 1. The lowest BCUT2D eigenvalue weighted by Crippen LogP contribution is -2.00. The van der Waals surface area contributed by atoms with Crippen LogP contribution in [0.4, 0.5) is 11.6 Å². The number of pyridine rings is 1. The fourth-order valence-corrected chi connectivity index (χ4v) is 2.70. The summed E-state index contributed by atoms with van der Waals surface area (Å²) >= 11 is 0. The van der Waals surface area contributed by atoms with Crippen LogP contribution in [-0.2, 0) is 11.2 Å². The van der Waals surface area contributed by atoms with Crippen LogP contribution in [-0.4, -0.2) is 33.1 Å². The van der Waals surface area contributed by atoms with Gasteiger partial charge >= 0.3 is 5.97 Å². The van der Waals surface area contributed by atoms with Gasteiger partial charge in [-0.2, -0.15) is 4.98 Å². The van der Waals surface area contributed by atoms with Crippen molar-refractivity contribution in [1.82, 2.24) is 15.0 Å². The second-order valence-corrected chi connectivity index (χ2v) is 6.06. The molecule has 0 aliphatic carbocycles. The average molecular weight is 364 g/mol. The normalized spacial score (nSPS) is 10.4. The first-order chi connectivity index (χ1) is 13.0. The van der Waals surface area contributed by atoms with Gasteiger partial charge in [-0.3, -0.25) is 9.78 Å². The van der Waals surface area contributed by atoms with Crippen LogP contribution in [0.1, 0.15) is 17.7 Å². The number of aryl methyl sites for hydroxylation is 2. The lowest BCUT2D eigenvalue weighted by Gasteiger charge is -2.10. The van der Waals surface area contributed by atoms with Crippen LogP contribution in [0.25, 0.3) is 11.1 Å². The summed E-state index contributed by atoms with van der Waals surface area (Å²) in [6.45, 7) is 2.01. The van der Waals surface area contributed by atoms with Crippen molar-refractivity contribution in [3.63, 3.8) is 0 Å². The van der Waals surface area contributed by atoms with Gasteiger partial charge in [0, 0.05) is 36.3 Å². The monoisotopic (exact) mass is 364 g/mol. The van der Waals surface area contributed by atoms with E-state index in [9.17, 15) is 4.79 Å². The molecule has 0 fully saturated rings. The van der Waals surface area contributed by atoms with Crippen LogP contribution in [0.2, 0.25) is 0 Å². The van der Waals surface area contributed by atoms with E-state index >= 15 is 0 Å². The Balaban J connectivity index is 1.86. The number of rotatable bonds is 7. The molecule has 7 heteroatoms. The number of methoxy groups -OCH3 is 1. The van der Waals surface area contributed by atoms with Crippen LogP contribution >= 0.6 is 0 Å². The summed E-state index contributed by atoms with van der Waals surface area (Å²) in [4.78, 5) is 23.5. The molecule has 7 nitrogen and oxygen atoms in total. The molecule has 27 heavy (non-hydrogen) atoms. The molecule has 0 aliphatic rings. The van der Waals surface area contributed by atoms with Gasteiger partial charge in [0.15, 0.2) is 0 Å². The van der Waals surface area contributed by atoms with Crippen molar-refractivity contribution in [1.29, 1.82) is 0 Å². The molecule has 3 rings (SSSR count). The third-order valence-electron chi connectivity index (χ3n) is 3.92. The molecule has 2 N–H and O–H groups in total. The Hall–Kier alpha value is -3.48. The minimum atomic E-state index is -0.831. The van der Waals surface area contributed by atoms with Gasteiger partial charge in [-0.1, -0.05) is 6.07 Å². The Bertz CT molecular complexity index is 959. The molecule has 0 radical (unpaired) electrons. The van der Waals surface area contributed by atoms with Crippen LogP contribution < -0.4 is 10.1 Å². The number of aliphatic carboxylic acids is 1. The van der Waals surface area contributed by atoms with Crippen molar-refractivity contribution in [2.45, 2.75) is 19.8 Å². The number of carboxylic acid groups (broad SMARTS) is 1. The molecule has 3 aromatic rings. The molecular weight excluding hydrogens is 344 g/mol. The minimum absolute atomic E-state index is 0.0598. The van der Waals surface area contributed by atoms with E-state index in [1.165, 1.54) is 0 Å². The van der Waals surface area contributed by atoms with Gasteiger partial charge in [0.25, 0.3) is 0 Å². The van der Waals surface area contributed by atoms with E-state index in [1.807, 2.05) is 31.2 Å². The predicted octanol–water partition coefficient (Wildman–Crippen LogP) is 3.62. The molecule has 0 spiro atoms. The summed E-state index contributed by atoms with van der Waals surface area (Å²) in [7, 11) is 1.56. The third kappa shape index (κ3) is 5.01. The molecule has 2 heterocycles. The number of ether oxygens (including phenoxy) is 1. The Morgan fingerprint density at radius 3 is 2.70 bits per heavy atom. The summed E-state index contributed by atoms with van der Waals surface area (Å²) < 4.78 is 5.12. The molecule has 1 aromatic carbocycles. The maximum absolute atomic E-state index is 10.8. The highest BCUT2D eigenvalue weighted by Crippen LogP contribution is 2.26. The van der Waals surface area contributed by atoms with Crippen LogP contribution in [0.15, 0.2) is 48.8 Å². The van der Waals surface area contributed by atoms with Gasteiger partial charge in [0.2, 0.25) is 11.8 Å². The van der Waals surface area contributed by atoms with Crippen molar-refractivity contribution in [3.8, 4) is 17.0 Å². The number of anilines is 2. The SMILES string of the molecule is COc1ccnc(Nc2cc(C)cc(-c3ccnc(CCC(=O)O)c3)c2)n1. The van der Waals surface area contributed by atoms with E-state index in [0.29, 0.717) is 18.2 Å². The first kappa shape index (κ1) is 18.3. The molecule has 0 atom stereocenters.